The molecule has 1 saturated carbocycles. The van der Waals surface area contributed by atoms with Gasteiger partial charge in [0, 0.05) is 24.3 Å². The zero-order valence-corrected chi connectivity index (χ0v) is 19.5. The second-order valence-electron chi connectivity index (χ2n) is 8.40. The number of hydrogen-bond donors (Lipinski definition) is 2. The molecule has 8 nitrogen and oxygen atoms in total. The van der Waals surface area contributed by atoms with E-state index < -0.39 is 17.3 Å². The molecule has 0 bridgehead atoms. The summed E-state index contributed by atoms with van der Waals surface area (Å²) in [5.74, 6) is -0.532. The van der Waals surface area contributed by atoms with Gasteiger partial charge in [-0.3, -0.25) is 9.79 Å². The first-order chi connectivity index (χ1) is 15.7. The summed E-state index contributed by atoms with van der Waals surface area (Å²) >= 11 is 1.49. The van der Waals surface area contributed by atoms with Gasteiger partial charge in [0.1, 0.15) is 17.6 Å². The Labute approximate surface area is 195 Å². The second-order valence-corrected chi connectivity index (χ2v) is 9.84. The van der Waals surface area contributed by atoms with E-state index in [1.54, 1.807) is 19.3 Å². The number of nitrogens with two attached hydrogens (primary N) is 1. The lowest BCUT2D eigenvalue weighted by Gasteiger charge is -2.34. The number of nitrogens with zero attached hydrogens (tertiary/aromatic N) is 3. The average Bonchev–Trinajstić information content (AvgIpc) is 3.50. The van der Waals surface area contributed by atoms with E-state index in [0.717, 1.165) is 6.42 Å². The summed E-state index contributed by atoms with van der Waals surface area (Å²) in [7, 11) is 1.64. The largest absolute Gasteiger partial charge is 0.469 e. The molecule has 1 amide bonds. The van der Waals surface area contributed by atoms with Crippen molar-refractivity contribution in [3.8, 4) is 5.88 Å². The van der Waals surface area contributed by atoms with Crippen LogP contribution in [0.1, 0.15) is 36.3 Å². The Hall–Kier alpha value is -2.98. The first kappa shape index (κ1) is 23.2. The van der Waals surface area contributed by atoms with E-state index in [1.165, 1.54) is 36.3 Å². The smallest absolute Gasteiger partial charge is 0.275 e. The van der Waals surface area contributed by atoms with Crippen molar-refractivity contribution in [2.75, 3.05) is 19.0 Å². The number of thioether (sulfide) groups is 1. The van der Waals surface area contributed by atoms with Gasteiger partial charge in [-0.15, -0.1) is 0 Å². The Morgan fingerprint density at radius 3 is 2.91 bits per heavy atom. The molecular formula is C23H26FN5O3S. The van der Waals surface area contributed by atoms with Gasteiger partial charge in [0.25, 0.3) is 5.91 Å². The molecule has 33 heavy (non-hydrogen) atoms. The van der Waals surface area contributed by atoms with Crippen molar-refractivity contribution in [2.45, 2.75) is 36.7 Å². The van der Waals surface area contributed by atoms with Crippen molar-refractivity contribution in [2.24, 2.45) is 16.6 Å². The third-order valence-corrected chi connectivity index (χ3v) is 7.29. The standard InChI is InChI=1S/C23H26FN5O3S/c1-5-13(2)32-19-11-26-17(10-27-19)20(30)28-14-6-7-16(24)15(8-14)22(3)18-9-23(18,12-31-4)33-21(25)29-22/h5-8,10-11,13,18H,1,9,12H2,2-4H3,(H2,25,29)(H,28,30)/t13?,18-,22+,23+/m0/s1. The maximum atomic E-state index is 15.0. The average molecular weight is 472 g/mol. The van der Waals surface area contributed by atoms with Crippen LogP contribution in [0, 0.1) is 11.7 Å². The van der Waals surface area contributed by atoms with Gasteiger partial charge in [0.2, 0.25) is 5.88 Å². The summed E-state index contributed by atoms with van der Waals surface area (Å²) in [5.41, 5.74) is 6.15. The predicted molar refractivity (Wildman–Crippen MR) is 126 cm³/mol. The number of carbonyl (C=O) groups excluding carboxylic acids is 1. The lowest BCUT2D eigenvalue weighted by molar-refractivity contribution is 0.102. The number of aromatic nitrogens is 2. The molecule has 1 aromatic heterocycles. The number of fused-ring (bicyclic) bond motifs is 1. The lowest BCUT2D eigenvalue weighted by atomic mass is 9.85. The molecule has 1 unspecified atom stereocenters. The number of aliphatic imine (C=N–C) groups is 1. The van der Waals surface area contributed by atoms with E-state index in [4.69, 9.17) is 15.2 Å². The number of halogens is 1. The fraction of sp³-hybridized carbons (Fsp3) is 0.391. The molecule has 2 heterocycles. The van der Waals surface area contributed by atoms with Crippen molar-refractivity contribution in [3.05, 3.63) is 60.3 Å². The third-order valence-electron chi connectivity index (χ3n) is 6.01. The first-order valence-corrected chi connectivity index (χ1v) is 11.3. The number of carbonyl (C=O) groups is 1. The number of hydrogen-bond acceptors (Lipinski definition) is 8. The van der Waals surface area contributed by atoms with E-state index in [1.807, 2.05) is 13.8 Å². The van der Waals surface area contributed by atoms with Crippen molar-refractivity contribution in [3.63, 3.8) is 0 Å². The summed E-state index contributed by atoms with van der Waals surface area (Å²) in [6.45, 7) is 7.84. The number of amidine groups is 1. The molecule has 2 aromatic rings. The van der Waals surface area contributed by atoms with Gasteiger partial charge < -0.3 is 20.5 Å². The highest BCUT2D eigenvalue weighted by molar-refractivity contribution is 8.15. The summed E-state index contributed by atoms with van der Waals surface area (Å²) in [4.78, 5) is 25.5. The molecule has 1 aliphatic heterocycles. The van der Waals surface area contributed by atoms with Gasteiger partial charge >= 0.3 is 0 Å². The molecule has 3 N–H and O–H groups in total. The molecule has 0 spiro atoms. The molecule has 1 aliphatic carbocycles. The van der Waals surface area contributed by atoms with E-state index in [2.05, 4.69) is 26.9 Å². The van der Waals surface area contributed by atoms with Crippen LogP contribution in [0.5, 0.6) is 5.88 Å². The zero-order chi connectivity index (χ0) is 23.8. The molecule has 4 atom stereocenters. The van der Waals surface area contributed by atoms with E-state index in [-0.39, 0.29) is 28.3 Å². The van der Waals surface area contributed by atoms with Crippen LogP contribution < -0.4 is 15.8 Å². The first-order valence-electron chi connectivity index (χ1n) is 10.5. The number of nitrogens with one attached hydrogen (secondary N) is 1. The van der Waals surface area contributed by atoms with Crippen LogP contribution >= 0.6 is 11.8 Å². The number of amides is 1. The minimum atomic E-state index is -0.862. The normalized spacial score (nSPS) is 26.5. The van der Waals surface area contributed by atoms with Crippen molar-refractivity contribution >= 4 is 28.5 Å². The fourth-order valence-corrected chi connectivity index (χ4v) is 5.70. The molecule has 0 radical (unpaired) electrons. The lowest BCUT2D eigenvalue weighted by Crippen LogP contribution is -2.37. The summed E-state index contributed by atoms with van der Waals surface area (Å²) < 4.78 is 25.6. The van der Waals surface area contributed by atoms with Crippen LogP contribution in [-0.2, 0) is 10.3 Å². The van der Waals surface area contributed by atoms with Crippen LogP contribution in [0.25, 0.3) is 0 Å². The summed E-state index contributed by atoms with van der Waals surface area (Å²) in [5, 5.41) is 3.16. The zero-order valence-electron chi connectivity index (χ0n) is 18.7. The fourth-order valence-electron chi connectivity index (χ4n) is 4.25. The molecule has 174 valence electrons. The topological polar surface area (TPSA) is 112 Å². The highest BCUT2D eigenvalue weighted by Gasteiger charge is 2.66. The van der Waals surface area contributed by atoms with Gasteiger partial charge in [0.15, 0.2) is 5.17 Å². The van der Waals surface area contributed by atoms with Crippen LogP contribution in [0.3, 0.4) is 0 Å². The van der Waals surface area contributed by atoms with Gasteiger partial charge in [-0.25, -0.2) is 14.4 Å². The number of benzene rings is 1. The van der Waals surface area contributed by atoms with Crippen molar-refractivity contribution < 1.29 is 18.7 Å². The highest BCUT2D eigenvalue weighted by Crippen LogP contribution is 2.66. The number of ether oxygens (including phenoxy) is 2. The quantitative estimate of drug-likeness (QED) is 0.567. The molecular weight excluding hydrogens is 445 g/mol. The minimum Gasteiger partial charge on any atom is -0.469 e. The van der Waals surface area contributed by atoms with Gasteiger partial charge in [-0.2, -0.15) is 0 Å². The van der Waals surface area contributed by atoms with Gasteiger partial charge in [-0.05, 0) is 38.5 Å². The van der Waals surface area contributed by atoms with Crippen molar-refractivity contribution in [1.82, 2.24) is 9.97 Å². The number of anilines is 1. The second kappa shape index (κ2) is 8.75. The van der Waals surface area contributed by atoms with Crippen molar-refractivity contribution in [1.29, 1.82) is 0 Å². The molecule has 2 aliphatic rings. The number of methoxy groups -OCH3 is 1. The van der Waals surface area contributed by atoms with Crippen LogP contribution in [0.4, 0.5) is 10.1 Å². The van der Waals surface area contributed by atoms with E-state index in [0.29, 0.717) is 23.0 Å². The minimum absolute atomic E-state index is 0.0686. The molecule has 10 heteroatoms. The maximum Gasteiger partial charge on any atom is 0.275 e. The third kappa shape index (κ3) is 4.45. The highest BCUT2D eigenvalue weighted by atomic mass is 32.2. The Bertz CT molecular complexity index is 1110. The van der Waals surface area contributed by atoms with Gasteiger partial charge in [0.05, 0.1) is 29.3 Å². The molecule has 4 rings (SSSR count). The van der Waals surface area contributed by atoms with E-state index in [9.17, 15) is 9.18 Å². The predicted octanol–water partition coefficient (Wildman–Crippen LogP) is 3.50. The molecule has 1 fully saturated rings. The van der Waals surface area contributed by atoms with Gasteiger partial charge in [-0.1, -0.05) is 24.4 Å². The summed E-state index contributed by atoms with van der Waals surface area (Å²) in [6.07, 6.45) is 4.89. The van der Waals surface area contributed by atoms with Crippen LogP contribution in [-0.4, -0.2) is 45.6 Å². The molecule has 1 aromatic carbocycles. The Kier molecular flexibility index (Phi) is 6.15. The Balaban J connectivity index is 1.55. The monoisotopic (exact) mass is 471 g/mol. The summed E-state index contributed by atoms with van der Waals surface area (Å²) in [6, 6.07) is 4.42. The SMILES string of the molecule is C=CC(C)Oc1cnc(C(=O)Nc2ccc(F)c([C@@]3(C)N=C(N)S[C@@]4(COC)C[C@H]43)c2)cn1. The number of rotatable bonds is 8. The van der Waals surface area contributed by atoms with E-state index >= 15 is 0 Å². The van der Waals surface area contributed by atoms with Crippen LogP contribution in [0.15, 0.2) is 48.2 Å². The maximum absolute atomic E-state index is 15.0. The molecule has 0 saturated heterocycles. The van der Waals surface area contributed by atoms with Crippen LogP contribution in [0.2, 0.25) is 0 Å². The Morgan fingerprint density at radius 2 is 2.24 bits per heavy atom. The Morgan fingerprint density at radius 1 is 1.45 bits per heavy atom.